The first-order valence-corrected chi connectivity index (χ1v) is 11.6. The number of aliphatic hydroxyl groups excluding tert-OH is 1. The van der Waals surface area contributed by atoms with Crippen molar-refractivity contribution >= 4 is 22.9 Å². The molecule has 1 aliphatic rings. The third-order valence-corrected chi connectivity index (χ3v) is 6.02. The summed E-state index contributed by atoms with van der Waals surface area (Å²) in [7, 11) is 1.00. The Bertz CT molecular complexity index is 871. The summed E-state index contributed by atoms with van der Waals surface area (Å²) in [5, 5.41) is 7.10. The first kappa shape index (κ1) is 28.3. The first-order chi connectivity index (χ1) is 15.2. The molecule has 1 aliphatic carbocycles. The lowest BCUT2D eigenvalue weighted by molar-refractivity contribution is -0.137. The van der Waals surface area contributed by atoms with E-state index in [-0.39, 0.29) is 23.7 Å². The van der Waals surface area contributed by atoms with Crippen molar-refractivity contribution in [1.29, 1.82) is 0 Å². The van der Waals surface area contributed by atoms with Crippen LogP contribution in [0.5, 0.6) is 5.75 Å². The summed E-state index contributed by atoms with van der Waals surface area (Å²) in [4.78, 5) is 2.64. The standard InChI is InChI=1S/C13H13ClF4O.C10H12S.CH4O/c14-10-2-1-8(3-10)7-19-12-5-9(13(16,17)18)4-11(15)6-12;1-3-5-9-7-8-10(11-9)6-4-2;1-2/h4-6,8,10H,1-3,7H2;7-8H,3,5H2,1-2H3;2H,1H3. The van der Waals surface area contributed by atoms with Crippen LogP contribution in [0, 0.1) is 23.6 Å². The van der Waals surface area contributed by atoms with Crippen LogP contribution in [0.1, 0.15) is 54.8 Å². The lowest BCUT2D eigenvalue weighted by atomic mass is 10.1. The van der Waals surface area contributed by atoms with Crippen molar-refractivity contribution in [1.82, 2.24) is 0 Å². The van der Waals surface area contributed by atoms with Gasteiger partial charge in [0.25, 0.3) is 0 Å². The maximum absolute atomic E-state index is 13.1. The van der Waals surface area contributed by atoms with Gasteiger partial charge in [-0.05, 0) is 62.8 Å². The molecule has 178 valence electrons. The quantitative estimate of drug-likeness (QED) is 0.269. The average molecular weight is 493 g/mol. The van der Waals surface area contributed by atoms with Gasteiger partial charge in [-0.15, -0.1) is 28.9 Å². The van der Waals surface area contributed by atoms with Gasteiger partial charge in [-0.2, -0.15) is 13.2 Å². The fourth-order valence-corrected chi connectivity index (χ4v) is 4.53. The minimum absolute atomic E-state index is 0.0923. The number of aryl methyl sites for hydroxylation is 1. The molecule has 2 unspecified atom stereocenters. The van der Waals surface area contributed by atoms with Gasteiger partial charge in [-0.3, -0.25) is 0 Å². The van der Waals surface area contributed by atoms with Crippen molar-refractivity contribution < 1.29 is 27.4 Å². The van der Waals surface area contributed by atoms with Crippen LogP contribution in [0.4, 0.5) is 17.6 Å². The summed E-state index contributed by atoms with van der Waals surface area (Å²) >= 11 is 7.74. The van der Waals surface area contributed by atoms with Crippen LogP contribution in [0.15, 0.2) is 30.3 Å². The van der Waals surface area contributed by atoms with Crippen LogP contribution in [0.3, 0.4) is 0 Å². The molecule has 0 saturated heterocycles. The van der Waals surface area contributed by atoms with Crippen LogP contribution >= 0.6 is 22.9 Å². The van der Waals surface area contributed by atoms with Gasteiger partial charge in [0, 0.05) is 23.4 Å². The maximum Gasteiger partial charge on any atom is 0.416 e. The monoisotopic (exact) mass is 492 g/mol. The summed E-state index contributed by atoms with van der Waals surface area (Å²) in [5.41, 5.74) is -1.04. The van der Waals surface area contributed by atoms with Crippen LogP contribution in [-0.4, -0.2) is 24.2 Å². The molecular formula is C24H29ClF4O2S. The summed E-state index contributed by atoms with van der Waals surface area (Å²) in [6.45, 7) is 4.34. The van der Waals surface area contributed by atoms with Crippen molar-refractivity contribution in [3.63, 3.8) is 0 Å². The van der Waals surface area contributed by atoms with Crippen LogP contribution in [-0.2, 0) is 12.6 Å². The SMILES string of the molecule is CC#Cc1ccc(CCC)s1.CO.Fc1cc(OCC2CCC(Cl)C2)cc(C(F)(F)F)c1. The molecule has 2 atom stereocenters. The zero-order valence-electron chi connectivity index (χ0n) is 18.4. The molecule has 1 fully saturated rings. The molecule has 1 aromatic carbocycles. The predicted molar refractivity (Wildman–Crippen MR) is 123 cm³/mol. The molecule has 0 amide bonds. The Morgan fingerprint density at radius 2 is 1.91 bits per heavy atom. The third-order valence-electron chi connectivity index (χ3n) is 4.57. The Morgan fingerprint density at radius 1 is 1.19 bits per heavy atom. The number of hydrogen-bond acceptors (Lipinski definition) is 3. The second kappa shape index (κ2) is 14.4. The molecule has 1 N–H and O–H groups in total. The number of hydrogen-bond donors (Lipinski definition) is 1. The molecule has 1 saturated carbocycles. The normalized spacial score (nSPS) is 17.3. The highest BCUT2D eigenvalue weighted by Gasteiger charge is 2.32. The van der Waals surface area contributed by atoms with Gasteiger partial charge >= 0.3 is 6.18 Å². The molecule has 0 spiro atoms. The zero-order valence-corrected chi connectivity index (χ0v) is 20.0. The molecular weight excluding hydrogens is 464 g/mol. The number of ether oxygens (including phenoxy) is 1. The number of aliphatic hydroxyl groups is 1. The molecule has 1 aromatic heterocycles. The molecule has 0 radical (unpaired) electrons. The largest absolute Gasteiger partial charge is 0.493 e. The molecule has 2 nitrogen and oxygen atoms in total. The molecule has 32 heavy (non-hydrogen) atoms. The Balaban J connectivity index is 0.000000335. The van der Waals surface area contributed by atoms with Gasteiger partial charge in [0.2, 0.25) is 0 Å². The summed E-state index contributed by atoms with van der Waals surface area (Å²) in [6, 6.07) is 6.51. The fraction of sp³-hybridized carbons (Fsp3) is 0.500. The van der Waals surface area contributed by atoms with Crippen molar-refractivity contribution in [2.45, 2.75) is 57.5 Å². The number of halogens is 5. The highest BCUT2D eigenvalue weighted by molar-refractivity contribution is 7.12. The number of thiophene rings is 1. The van der Waals surface area contributed by atoms with E-state index in [9.17, 15) is 17.6 Å². The van der Waals surface area contributed by atoms with E-state index in [0.29, 0.717) is 6.07 Å². The maximum atomic E-state index is 13.1. The Hall–Kier alpha value is -1.75. The van der Waals surface area contributed by atoms with Crippen molar-refractivity contribution in [2.24, 2.45) is 5.92 Å². The molecule has 0 bridgehead atoms. The van der Waals surface area contributed by atoms with Gasteiger partial charge < -0.3 is 9.84 Å². The van der Waals surface area contributed by atoms with E-state index in [1.165, 1.54) is 22.6 Å². The van der Waals surface area contributed by atoms with Gasteiger partial charge in [-0.1, -0.05) is 19.3 Å². The van der Waals surface area contributed by atoms with Crippen molar-refractivity contribution in [2.75, 3.05) is 13.7 Å². The number of alkyl halides is 4. The van der Waals surface area contributed by atoms with Gasteiger partial charge in [-0.25, -0.2) is 4.39 Å². The van der Waals surface area contributed by atoms with E-state index in [0.717, 1.165) is 38.5 Å². The fourth-order valence-electron chi connectivity index (χ4n) is 3.14. The zero-order chi connectivity index (χ0) is 24.1. The first-order valence-electron chi connectivity index (χ1n) is 10.3. The van der Waals surface area contributed by atoms with Crippen LogP contribution in [0.25, 0.3) is 0 Å². The minimum Gasteiger partial charge on any atom is -0.493 e. The van der Waals surface area contributed by atoms with E-state index < -0.39 is 17.6 Å². The van der Waals surface area contributed by atoms with E-state index in [1.54, 1.807) is 0 Å². The van der Waals surface area contributed by atoms with Gasteiger partial charge in [0.1, 0.15) is 11.6 Å². The number of benzene rings is 1. The van der Waals surface area contributed by atoms with E-state index >= 15 is 0 Å². The van der Waals surface area contributed by atoms with Crippen molar-refractivity contribution in [3.8, 4) is 17.6 Å². The van der Waals surface area contributed by atoms with Crippen LogP contribution in [0.2, 0.25) is 0 Å². The molecule has 1 heterocycles. The highest BCUT2D eigenvalue weighted by Crippen LogP contribution is 2.33. The highest BCUT2D eigenvalue weighted by atomic mass is 35.5. The van der Waals surface area contributed by atoms with E-state index in [2.05, 4.69) is 30.9 Å². The summed E-state index contributed by atoms with van der Waals surface area (Å²) < 4.78 is 55.9. The second-order valence-corrected chi connectivity index (χ2v) is 8.94. The predicted octanol–water partition coefficient (Wildman–Crippen LogP) is 7.31. The smallest absolute Gasteiger partial charge is 0.416 e. The topological polar surface area (TPSA) is 29.5 Å². The second-order valence-electron chi connectivity index (χ2n) is 7.15. The Labute approximate surface area is 196 Å². The summed E-state index contributed by atoms with van der Waals surface area (Å²) in [6.07, 6.45) is 0.384. The Kier molecular flexibility index (Phi) is 12.7. The van der Waals surface area contributed by atoms with E-state index in [4.69, 9.17) is 21.4 Å². The molecule has 3 rings (SSSR count). The Morgan fingerprint density at radius 3 is 2.47 bits per heavy atom. The summed E-state index contributed by atoms with van der Waals surface area (Å²) in [5.74, 6) is 5.13. The van der Waals surface area contributed by atoms with Gasteiger partial charge in [0.05, 0.1) is 17.0 Å². The average Bonchev–Trinajstić information content (AvgIpc) is 3.37. The molecule has 2 aromatic rings. The molecule has 8 heteroatoms. The molecule has 0 aliphatic heterocycles. The number of rotatable bonds is 5. The van der Waals surface area contributed by atoms with Crippen molar-refractivity contribution in [3.05, 3.63) is 51.5 Å². The van der Waals surface area contributed by atoms with E-state index in [1.807, 2.05) is 18.3 Å². The van der Waals surface area contributed by atoms with Gasteiger partial charge in [0.15, 0.2) is 0 Å². The minimum atomic E-state index is -4.57. The lowest BCUT2D eigenvalue weighted by Crippen LogP contribution is -2.11. The van der Waals surface area contributed by atoms with Crippen LogP contribution < -0.4 is 4.74 Å². The third kappa shape index (κ3) is 10.2. The lowest BCUT2D eigenvalue weighted by Gasteiger charge is -2.13.